The lowest BCUT2D eigenvalue weighted by Crippen LogP contribution is -2.49. The van der Waals surface area contributed by atoms with E-state index in [9.17, 15) is 0 Å². The minimum atomic E-state index is 0.419. The third-order valence-electron chi connectivity index (χ3n) is 5.39. The highest BCUT2D eigenvalue weighted by atomic mass is 16.5. The number of rotatable bonds is 5. The van der Waals surface area contributed by atoms with Crippen molar-refractivity contribution in [3.8, 4) is 0 Å². The predicted molar refractivity (Wildman–Crippen MR) is 83.0 cm³/mol. The van der Waals surface area contributed by atoms with Crippen LogP contribution in [0.15, 0.2) is 0 Å². The first-order valence-corrected chi connectivity index (χ1v) is 8.83. The van der Waals surface area contributed by atoms with Crippen LogP contribution in [0.5, 0.6) is 0 Å². The third kappa shape index (κ3) is 4.19. The molecule has 0 aromatic rings. The lowest BCUT2D eigenvalue weighted by Gasteiger charge is -2.41. The molecule has 3 nitrogen and oxygen atoms in total. The molecule has 1 N–H and O–H groups in total. The van der Waals surface area contributed by atoms with Crippen molar-refractivity contribution in [2.45, 2.75) is 70.4 Å². The summed E-state index contributed by atoms with van der Waals surface area (Å²) in [7, 11) is 0. The highest BCUT2D eigenvalue weighted by Crippen LogP contribution is 2.36. The van der Waals surface area contributed by atoms with Crippen molar-refractivity contribution in [2.75, 3.05) is 32.8 Å². The lowest BCUT2D eigenvalue weighted by atomic mass is 9.79. The van der Waals surface area contributed by atoms with Crippen molar-refractivity contribution in [3.05, 3.63) is 0 Å². The van der Waals surface area contributed by atoms with Gasteiger partial charge in [-0.25, -0.2) is 0 Å². The van der Waals surface area contributed by atoms with E-state index in [1.54, 1.807) is 0 Å². The molecule has 0 bridgehead atoms. The molecule has 116 valence electrons. The summed E-state index contributed by atoms with van der Waals surface area (Å²) < 4.78 is 5.71. The topological polar surface area (TPSA) is 24.5 Å². The van der Waals surface area contributed by atoms with Gasteiger partial charge in [-0.2, -0.15) is 0 Å². The molecule has 1 heterocycles. The second kappa shape index (κ2) is 6.76. The Morgan fingerprint density at radius 1 is 1.15 bits per heavy atom. The minimum absolute atomic E-state index is 0.419. The van der Waals surface area contributed by atoms with E-state index in [4.69, 9.17) is 4.74 Å². The SMILES string of the molecule is CC1CN(CC2(CNC3CC3)CCCCCC2)CCO1. The molecule has 0 radical (unpaired) electrons. The number of ether oxygens (including phenoxy) is 1. The van der Waals surface area contributed by atoms with E-state index in [0.717, 1.165) is 25.7 Å². The van der Waals surface area contributed by atoms with Crippen molar-refractivity contribution in [1.29, 1.82) is 0 Å². The second-order valence-corrected chi connectivity index (χ2v) is 7.49. The normalized spacial score (nSPS) is 31.9. The van der Waals surface area contributed by atoms with Crippen LogP contribution in [-0.2, 0) is 4.74 Å². The number of hydrogen-bond donors (Lipinski definition) is 1. The molecule has 1 aliphatic heterocycles. The fraction of sp³-hybridized carbons (Fsp3) is 1.00. The molecule has 0 spiro atoms. The van der Waals surface area contributed by atoms with Crippen LogP contribution in [0.1, 0.15) is 58.3 Å². The summed E-state index contributed by atoms with van der Waals surface area (Å²) in [4.78, 5) is 2.67. The fourth-order valence-corrected chi connectivity index (χ4v) is 4.03. The Morgan fingerprint density at radius 3 is 2.55 bits per heavy atom. The molecule has 1 unspecified atom stereocenters. The van der Waals surface area contributed by atoms with Crippen molar-refractivity contribution < 1.29 is 4.74 Å². The van der Waals surface area contributed by atoms with Gasteiger partial charge in [0.2, 0.25) is 0 Å². The molecule has 0 amide bonds. The van der Waals surface area contributed by atoms with Gasteiger partial charge in [0.15, 0.2) is 0 Å². The van der Waals surface area contributed by atoms with E-state index < -0.39 is 0 Å². The van der Waals surface area contributed by atoms with E-state index in [-0.39, 0.29) is 0 Å². The molecular weight excluding hydrogens is 248 g/mol. The first-order valence-electron chi connectivity index (χ1n) is 8.83. The van der Waals surface area contributed by atoms with Crippen molar-refractivity contribution in [2.24, 2.45) is 5.41 Å². The van der Waals surface area contributed by atoms with E-state index in [1.165, 1.54) is 64.5 Å². The number of nitrogens with zero attached hydrogens (tertiary/aromatic N) is 1. The molecule has 1 atom stereocenters. The Balaban J connectivity index is 1.59. The van der Waals surface area contributed by atoms with Gasteiger partial charge in [-0.3, -0.25) is 4.90 Å². The van der Waals surface area contributed by atoms with Crippen LogP contribution < -0.4 is 5.32 Å². The predicted octanol–water partition coefficient (Wildman–Crippen LogP) is 2.80. The average molecular weight is 280 g/mol. The van der Waals surface area contributed by atoms with Gasteiger partial charge in [0.1, 0.15) is 0 Å². The van der Waals surface area contributed by atoms with Crippen molar-refractivity contribution in [3.63, 3.8) is 0 Å². The van der Waals surface area contributed by atoms with Gasteiger partial charge in [-0.15, -0.1) is 0 Å². The van der Waals surface area contributed by atoms with Crippen LogP contribution in [0.2, 0.25) is 0 Å². The molecule has 2 saturated carbocycles. The largest absolute Gasteiger partial charge is 0.376 e. The van der Waals surface area contributed by atoms with Crippen LogP contribution >= 0.6 is 0 Å². The summed E-state index contributed by atoms with van der Waals surface area (Å²) in [5.74, 6) is 0. The smallest absolute Gasteiger partial charge is 0.0674 e. The van der Waals surface area contributed by atoms with Crippen LogP contribution in [0.3, 0.4) is 0 Å². The van der Waals surface area contributed by atoms with Crippen LogP contribution in [0, 0.1) is 5.41 Å². The molecule has 3 aliphatic rings. The number of nitrogens with one attached hydrogen (secondary N) is 1. The average Bonchev–Trinajstić information content (AvgIpc) is 3.24. The minimum Gasteiger partial charge on any atom is -0.376 e. The summed E-state index contributed by atoms with van der Waals surface area (Å²) in [5, 5.41) is 3.84. The molecule has 0 aromatic carbocycles. The Hall–Kier alpha value is -0.120. The van der Waals surface area contributed by atoms with E-state index in [1.807, 2.05) is 0 Å². The Kier molecular flexibility index (Phi) is 5.00. The Bertz CT molecular complexity index is 295. The lowest BCUT2D eigenvalue weighted by molar-refractivity contribution is -0.0343. The van der Waals surface area contributed by atoms with Gasteiger partial charge in [-0.05, 0) is 38.0 Å². The zero-order valence-electron chi connectivity index (χ0n) is 13.2. The summed E-state index contributed by atoms with van der Waals surface area (Å²) in [6.07, 6.45) is 11.9. The monoisotopic (exact) mass is 280 g/mol. The maximum atomic E-state index is 5.71. The molecule has 2 aliphatic carbocycles. The van der Waals surface area contributed by atoms with Gasteiger partial charge in [-0.1, -0.05) is 25.7 Å². The van der Waals surface area contributed by atoms with E-state index in [2.05, 4.69) is 17.1 Å². The maximum absolute atomic E-state index is 5.71. The highest BCUT2D eigenvalue weighted by molar-refractivity contribution is 4.91. The first-order chi connectivity index (χ1) is 9.76. The van der Waals surface area contributed by atoms with E-state index in [0.29, 0.717) is 11.5 Å². The van der Waals surface area contributed by atoms with Crippen LogP contribution in [0.4, 0.5) is 0 Å². The molecule has 3 heteroatoms. The van der Waals surface area contributed by atoms with Gasteiger partial charge in [0, 0.05) is 32.2 Å². The standard InChI is InChI=1S/C17H32N2O/c1-15-12-19(10-11-20-15)14-17(13-18-16-6-7-16)8-4-2-3-5-9-17/h15-16,18H,2-14H2,1H3. The third-order valence-corrected chi connectivity index (χ3v) is 5.39. The Morgan fingerprint density at radius 2 is 1.90 bits per heavy atom. The molecular formula is C17H32N2O. The van der Waals surface area contributed by atoms with Crippen LogP contribution in [0.25, 0.3) is 0 Å². The van der Waals surface area contributed by atoms with Crippen molar-refractivity contribution >= 4 is 0 Å². The molecule has 1 saturated heterocycles. The second-order valence-electron chi connectivity index (χ2n) is 7.49. The van der Waals surface area contributed by atoms with Crippen molar-refractivity contribution in [1.82, 2.24) is 10.2 Å². The molecule has 20 heavy (non-hydrogen) atoms. The zero-order valence-corrected chi connectivity index (χ0v) is 13.2. The molecule has 0 aromatic heterocycles. The quantitative estimate of drug-likeness (QED) is 0.784. The van der Waals surface area contributed by atoms with Gasteiger partial charge in [0.05, 0.1) is 12.7 Å². The number of morpholine rings is 1. The summed E-state index contributed by atoms with van der Waals surface area (Å²) in [6.45, 7) is 7.95. The molecule has 3 rings (SSSR count). The Labute approximate surface area is 124 Å². The summed E-state index contributed by atoms with van der Waals surface area (Å²) in [6, 6.07) is 0.846. The van der Waals surface area contributed by atoms with Gasteiger partial charge < -0.3 is 10.1 Å². The van der Waals surface area contributed by atoms with E-state index >= 15 is 0 Å². The number of hydrogen-bond acceptors (Lipinski definition) is 3. The highest BCUT2D eigenvalue weighted by Gasteiger charge is 2.35. The summed E-state index contributed by atoms with van der Waals surface area (Å²) >= 11 is 0. The first kappa shape index (κ1) is 14.8. The maximum Gasteiger partial charge on any atom is 0.0674 e. The van der Waals surface area contributed by atoms with Gasteiger partial charge >= 0.3 is 0 Å². The summed E-state index contributed by atoms with van der Waals surface area (Å²) in [5.41, 5.74) is 0.538. The zero-order chi connectivity index (χ0) is 13.8. The van der Waals surface area contributed by atoms with Gasteiger partial charge in [0.25, 0.3) is 0 Å². The van der Waals surface area contributed by atoms with Crippen LogP contribution in [-0.4, -0.2) is 49.8 Å². The fourth-order valence-electron chi connectivity index (χ4n) is 4.03. The molecule has 3 fully saturated rings.